The minimum atomic E-state index is -5.64. The summed E-state index contributed by atoms with van der Waals surface area (Å²) in [5.74, 6) is 1.89. The third-order valence-corrected chi connectivity index (χ3v) is 32.2. The van der Waals surface area contributed by atoms with Gasteiger partial charge < -0.3 is 4.74 Å². The highest BCUT2D eigenvalue weighted by Crippen LogP contribution is 2.59. The molecule has 0 radical (unpaired) electrons. The van der Waals surface area contributed by atoms with Crippen molar-refractivity contribution in [3.8, 4) is 22.6 Å². The van der Waals surface area contributed by atoms with Crippen molar-refractivity contribution in [2.45, 2.75) is 194 Å². The van der Waals surface area contributed by atoms with Crippen molar-refractivity contribution in [2.24, 2.45) is 0 Å². The standard InChI is InChI=1S/C27H22F6.C25H22O.C24H22O2S.C24H22O.C24H22.C14H16/c1-15-7-5-9-19-14-20(13-18(4)23(15)19)25(26(28,29)30,27(31,32)33)22-12-11-17(3)24-16(2)8-6-10-21(22)24;1-15-7-5-9-19-14-20(13-18(4)23(15)19)25(26)22-12-11-17(3)24-16(2)8-6-10-21(22)24;1-15-7-5-9-19-14-20(13-18(4)23(15)19)27(25,26)22-12-11-17(3)24-16(2)8-6-10-21(22)24;1-15-7-5-9-19-14-20(13-18(4)23(15)19)25-22-12-11-17(3)24-16(2)8-6-10-21(22)24;1-15-7-5-9-21-19(13-11-17(3)23(15)21)20-14-12-18(4)24-16(2)8-6-10-22(20)24;1-9-5-6-11(3)14-12(4)8-7-10(2)13(9)14/h5-14H,1-4H3;5-14H,1-4H3;5-14H,1-4H3;5-14H,1-4H3;5-14H,1-4H3;5-8H,1-4H3. The molecule has 22 rings (SSSR count). The van der Waals surface area contributed by atoms with Crippen LogP contribution in [0.1, 0.15) is 161 Å². The van der Waals surface area contributed by atoms with E-state index in [0.29, 0.717) is 42.6 Å². The fourth-order valence-corrected chi connectivity index (χ4v) is 25.2. The molecule has 0 atom stereocenters. The number of alkyl halides is 6. The summed E-state index contributed by atoms with van der Waals surface area (Å²) in [7, 11) is -3.63. The van der Waals surface area contributed by atoms with Gasteiger partial charge in [-0.2, -0.15) is 26.3 Å². The highest BCUT2D eigenvalue weighted by Gasteiger charge is 2.73. The largest absolute Gasteiger partial charge is 0.457 e. The molecule has 0 unspecified atom stereocenters. The third kappa shape index (κ3) is 19.8. The maximum atomic E-state index is 14.9. The summed E-state index contributed by atoms with van der Waals surface area (Å²) in [5, 5.41) is 23.2. The van der Waals surface area contributed by atoms with E-state index in [0.717, 1.165) is 107 Å². The van der Waals surface area contributed by atoms with Crippen molar-refractivity contribution in [1.29, 1.82) is 0 Å². The first-order chi connectivity index (χ1) is 70.8. The Hall–Kier alpha value is -15.3. The number of halogens is 6. The van der Waals surface area contributed by atoms with Gasteiger partial charge in [0.15, 0.2) is 5.78 Å². The number of sulfone groups is 1. The van der Waals surface area contributed by atoms with Gasteiger partial charge in [-0.15, -0.1) is 0 Å². The summed E-state index contributed by atoms with van der Waals surface area (Å²) >= 11 is 0. The molecule has 0 fully saturated rings. The van der Waals surface area contributed by atoms with E-state index in [4.69, 9.17) is 4.74 Å². The highest BCUT2D eigenvalue weighted by molar-refractivity contribution is 7.91. The van der Waals surface area contributed by atoms with Crippen molar-refractivity contribution in [1.82, 2.24) is 0 Å². The molecule has 0 N–H and O–H groups in total. The highest BCUT2D eigenvalue weighted by atomic mass is 32.2. The van der Waals surface area contributed by atoms with Crippen LogP contribution in [0.2, 0.25) is 0 Å². The van der Waals surface area contributed by atoms with Gasteiger partial charge in [0.2, 0.25) is 15.3 Å². The number of rotatable bonds is 9. The van der Waals surface area contributed by atoms with Crippen LogP contribution in [0.15, 0.2) is 337 Å². The Balaban J connectivity index is 0.000000123. The van der Waals surface area contributed by atoms with Crippen LogP contribution in [0.25, 0.3) is 130 Å². The Morgan fingerprint density at radius 2 is 0.517 bits per heavy atom. The Morgan fingerprint density at radius 3 is 0.953 bits per heavy atom. The molecule has 22 aromatic carbocycles. The van der Waals surface area contributed by atoms with E-state index in [1.807, 2.05) is 81.4 Å². The average molecular weight is 1990 g/mol. The molecule has 0 aliphatic carbocycles. The summed E-state index contributed by atoms with van der Waals surface area (Å²) in [5.41, 5.74) is 25.9. The van der Waals surface area contributed by atoms with E-state index in [1.165, 1.54) is 177 Å². The second kappa shape index (κ2) is 41.8. The van der Waals surface area contributed by atoms with Gasteiger partial charge >= 0.3 is 12.4 Å². The molecule has 0 spiro atoms. The molecule has 0 amide bonds. The van der Waals surface area contributed by atoms with Crippen LogP contribution in [-0.2, 0) is 15.3 Å². The summed E-state index contributed by atoms with van der Waals surface area (Å²) in [6.45, 7) is 49.4. The predicted octanol–water partition coefficient (Wildman–Crippen LogP) is 39.1. The average Bonchev–Trinajstić information content (AvgIpc) is 0.695. The maximum Gasteiger partial charge on any atom is 0.411 e. The van der Waals surface area contributed by atoms with E-state index >= 15 is 0 Å². The molecule has 0 saturated heterocycles. The molecule has 0 aliphatic heterocycles. The van der Waals surface area contributed by atoms with E-state index in [2.05, 4.69) is 306 Å². The second-order valence-corrected chi connectivity index (χ2v) is 43.0. The first-order valence-corrected chi connectivity index (χ1v) is 52.3. The molecule has 149 heavy (non-hydrogen) atoms. The van der Waals surface area contributed by atoms with Crippen LogP contribution in [-0.4, -0.2) is 26.6 Å². The van der Waals surface area contributed by atoms with Crippen LogP contribution in [0.4, 0.5) is 26.3 Å². The molecule has 0 saturated carbocycles. The summed E-state index contributed by atoms with van der Waals surface area (Å²) < 4.78 is 123. The molecule has 0 bridgehead atoms. The number of ether oxygens (including phenoxy) is 1. The molecule has 22 aromatic rings. The maximum absolute atomic E-state index is 14.9. The molecule has 0 aliphatic rings. The van der Waals surface area contributed by atoms with Gasteiger partial charge in [-0.25, -0.2) is 8.42 Å². The number of carbonyl (C=O) groups is 1. The monoisotopic (exact) mass is 1990 g/mol. The lowest BCUT2D eigenvalue weighted by molar-refractivity contribution is -0.288. The lowest BCUT2D eigenvalue weighted by Gasteiger charge is -2.39. The van der Waals surface area contributed by atoms with Crippen molar-refractivity contribution >= 4 is 134 Å². The minimum absolute atomic E-state index is 0.0494. The lowest BCUT2D eigenvalue weighted by atomic mass is 9.70. The molecular formula is C138H126F6O4S. The van der Waals surface area contributed by atoms with Gasteiger partial charge in [-0.05, 0) is 484 Å². The molecule has 0 aromatic heterocycles. The van der Waals surface area contributed by atoms with E-state index in [1.54, 1.807) is 70.2 Å². The molecule has 750 valence electrons. The number of fused-ring (bicyclic) bond motifs is 11. The van der Waals surface area contributed by atoms with Gasteiger partial charge in [0.25, 0.3) is 0 Å². The zero-order valence-electron chi connectivity index (χ0n) is 89.5. The fourth-order valence-electron chi connectivity index (χ4n) is 23.6. The summed E-state index contributed by atoms with van der Waals surface area (Å²) in [4.78, 5) is 14.1. The van der Waals surface area contributed by atoms with Gasteiger partial charge in [-0.1, -0.05) is 273 Å². The SMILES string of the molecule is Cc1ccc(C)c2c(C)ccc(C)c12.Cc1cccc2c(-c3ccc(C)c4c(C)cccc34)ccc(C)c12.Cc1cccc2cc(C(=O)c3ccc(C)c4c(C)cccc34)cc(C)c12.Cc1cccc2cc(C(c3ccc(C)c4c(C)cccc34)(C(F)(F)F)C(F)(F)F)cc(C)c12.Cc1cccc2cc(Oc3ccc(C)c4c(C)cccc34)cc(C)c12.Cc1cccc2cc(S(=O)(=O)c3ccc(C)c4c(C)cccc34)cc(C)c12. The number of ketones is 1. The first kappa shape index (κ1) is 105. The summed E-state index contributed by atoms with van der Waals surface area (Å²) in [6, 6.07) is 106. The molecule has 4 nitrogen and oxygen atoms in total. The fraction of sp³-hybridized carbons (Fsp3) is 0.196. The Bertz CT molecular complexity index is 9050. The Morgan fingerprint density at radius 1 is 0.228 bits per heavy atom. The van der Waals surface area contributed by atoms with E-state index in [-0.39, 0.29) is 11.2 Å². The van der Waals surface area contributed by atoms with Crippen molar-refractivity contribution in [3.63, 3.8) is 0 Å². The van der Waals surface area contributed by atoms with Gasteiger partial charge in [0.05, 0.1) is 9.79 Å². The number of hydrogen-bond acceptors (Lipinski definition) is 4. The Kier molecular flexibility index (Phi) is 29.5. The Labute approximate surface area is 872 Å². The van der Waals surface area contributed by atoms with Crippen molar-refractivity contribution < 1.29 is 44.3 Å². The third-order valence-electron chi connectivity index (χ3n) is 30.4. The summed E-state index contributed by atoms with van der Waals surface area (Å²) in [6.07, 6.45) is -11.3. The number of aryl methyl sites for hydroxylation is 24. The minimum Gasteiger partial charge on any atom is -0.457 e. The predicted molar refractivity (Wildman–Crippen MR) is 618 cm³/mol. The van der Waals surface area contributed by atoms with Crippen LogP contribution >= 0.6 is 0 Å². The zero-order chi connectivity index (χ0) is 107. The quantitative estimate of drug-likeness (QED) is 0.107. The van der Waals surface area contributed by atoms with E-state index in [9.17, 15) is 39.6 Å². The van der Waals surface area contributed by atoms with Gasteiger partial charge in [0, 0.05) is 21.9 Å². The first-order valence-electron chi connectivity index (χ1n) is 50.8. The van der Waals surface area contributed by atoms with Crippen LogP contribution < -0.4 is 4.74 Å². The number of carbonyl (C=O) groups excluding carboxylic acids is 1. The van der Waals surface area contributed by atoms with Crippen molar-refractivity contribution in [2.75, 3.05) is 0 Å². The van der Waals surface area contributed by atoms with E-state index < -0.39 is 38.7 Å². The second-order valence-electron chi connectivity index (χ2n) is 41.1. The molecule has 11 heteroatoms. The van der Waals surface area contributed by atoms with Gasteiger partial charge in [-0.3, -0.25) is 4.79 Å². The normalized spacial score (nSPS) is 11.8. The van der Waals surface area contributed by atoms with Crippen LogP contribution in [0.5, 0.6) is 11.5 Å². The van der Waals surface area contributed by atoms with Crippen molar-refractivity contribution in [3.05, 3.63) is 483 Å². The van der Waals surface area contributed by atoms with Crippen LogP contribution in [0, 0.1) is 166 Å². The van der Waals surface area contributed by atoms with Gasteiger partial charge in [0.1, 0.15) is 11.5 Å². The molecular weight excluding hydrogens is 1870 g/mol. The topological polar surface area (TPSA) is 60.4 Å². The number of benzene rings is 22. The smallest absolute Gasteiger partial charge is 0.411 e. The van der Waals surface area contributed by atoms with Crippen LogP contribution in [0.3, 0.4) is 0 Å². The lowest BCUT2D eigenvalue weighted by Crippen LogP contribution is -2.55. The zero-order valence-corrected chi connectivity index (χ0v) is 90.3. The molecule has 0 heterocycles. The number of hydrogen-bond donors (Lipinski definition) is 0.